The number of anilines is 2. The second kappa shape index (κ2) is 9.78. The average molecular weight is 461 g/mol. The van der Waals surface area contributed by atoms with Crippen LogP contribution in [0.4, 0.5) is 20.6 Å². The molecule has 10 heteroatoms. The summed E-state index contributed by atoms with van der Waals surface area (Å²) in [4.78, 5) is 39.8. The first-order valence-electron chi connectivity index (χ1n) is 11.0. The van der Waals surface area contributed by atoms with Crippen molar-refractivity contribution in [2.24, 2.45) is 11.8 Å². The molecule has 33 heavy (non-hydrogen) atoms. The normalized spacial score (nSPS) is 25.5. The van der Waals surface area contributed by atoms with Crippen LogP contribution in [0.1, 0.15) is 13.3 Å². The summed E-state index contributed by atoms with van der Waals surface area (Å²) >= 11 is 0. The van der Waals surface area contributed by atoms with Gasteiger partial charge in [-0.3, -0.25) is 14.5 Å². The minimum atomic E-state index is -0.796. The number of nitrogens with one attached hydrogen (secondary N) is 1. The van der Waals surface area contributed by atoms with Crippen LogP contribution in [-0.4, -0.2) is 70.5 Å². The number of ketones is 1. The van der Waals surface area contributed by atoms with Gasteiger partial charge < -0.3 is 24.4 Å². The van der Waals surface area contributed by atoms with Gasteiger partial charge in [0.15, 0.2) is 5.78 Å². The number of amides is 1. The molecule has 2 fully saturated rings. The first kappa shape index (κ1) is 23.0. The quantitative estimate of drug-likeness (QED) is 0.507. The van der Waals surface area contributed by atoms with Crippen LogP contribution < -0.4 is 15.1 Å². The number of hydrogen-bond donors (Lipinski definition) is 1. The van der Waals surface area contributed by atoms with Crippen LogP contribution in [0.25, 0.3) is 0 Å². The van der Waals surface area contributed by atoms with Crippen molar-refractivity contribution in [1.82, 2.24) is 5.32 Å². The lowest BCUT2D eigenvalue weighted by Gasteiger charge is -2.29. The van der Waals surface area contributed by atoms with Crippen LogP contribution in [0.5, 0.6) is 0 Å². The SMILES string of the molecule is COC(=O)C1C(=O)C=C(NC[C@H]2CN(c3ccc(N4CCOCC4)c(F)c3)C(=O)O2)CC1C. The zero-order valence-corrected chi connectivity index (χ0v) is 18.7. The van der Waals surface area contributed by atoms with Gasteiger partial charge in [0.1, 0.15) is 17.8 Å². The highest BCUT2D eigenvalue weighted by atomic mass is 19.1. The largest absolute Gasteiger partial charge is 0.468 e. The highest BCUT2D eigenvalue weighted by Gasteiger charge is 2.37. The Morgan fingerprint density at radius 2 is 2.03 bits per heavy atom. The fourth-order valence-electron chi connectivity index (χ4n) is 4.47. The number of hydrogen-bond acceptors (Lipinski definition) is 8. The molecule has 9 nitrogen and oxygen atoms in total. The molecular formula is C23H28FN3O6. The molecule has 4 rings (SSSR count). The van der Waals surface area contributed by atoms with E-state index < -0.39 is 29.9 Å². The van der Waals surface area contributed by atoms with Gasteiger partial charge in [-0.1, -0.05) is 6.92 Å². The Morgan fingerprint density at radius 3 is 2.70 bits per heavy atom. The maximum Gasteiger partial charge on any atom is 0.414 e. The van der Waals surface area contributed by atoms with Gasteiger partial charge in [0.05, 0.1) is 44.8 Å². The number of allylic oxidation sites excluding steroid dienone is 2. The molecule has 0 saturated carbocycles. The summed E-state index contributed by atoms with van der Waals surface area (Å²) in [6.07, 6.45) is 0.900. The van der Waals surface area contributed by atoms with E-state index in [1.165, 1.54) is 24.2 Å². The van der Waals surface area contributed by atoms with Crippen molar-refractivity contribution in [2.45, 2.75) is 19.4 Å². The highest BCUT2D eigenvalue weighted by Crippen LogP contribution is 2.29. The van der Waals surface area contributed by atoms with Gasteiger partial charge in [-0.05, 0) is 30.5 Å². The predicted molar refractivity (Wildman–Crippen MR) is 117 cm³/mol. The molecule has 0 bridgehead atoms. The molecule has 3 atom stereocenters. The Balaban J connectivity index is 1.36. The molecule has 1 aromatic carbocycles. The van der Waals surface area contributed by atoms with Crippen LogP contribution in [0, 0.1) is 17.7 Å². The van der Waals surface area contributed by atoms with Crippen molar-refractivity contribution in [3.63, 3.8) is 0 Å². The summed E-state index contributed by atoms with van der Waals surface area (Å²) in [5.41, 5.74) is 1.60. The molecule has 178 valence electrons. The van der Waals surface area contributed by atoms with E-state index >= 15 is 0 Å². The Kier molecular flexibility index (Phi) is 6.83. The molecule has 1 amide bonds. The van der Waals surface area contributed by atoms with Crippen LogP contribution in [-0.2, 0) is 23.8 Å². The summed E-state index contributed by atoms with van der Waals surface area (Å²) in [5, 5.41) is 3.15. The van der Waals surface area contributed by atoms with Gasteiger partial charge in [-0.25, -0.2) is 9.18 Å². The minimum absolute atomic E-state index is 0.201. The van der Waals surface area contributed by atoms with Crippen LogP contribution in [0.3, 0.4) is 0 Å². The van der Waals surface area contributed by atoms with E-state index in [0.717, 1.165) is 0 Å². The zero-order chi connectivity index (χ0) is 23.5. The second-order valence-corrected chi connectivity index (χ2v) is 8.49. The van der Waals surface area contributed by atoms with Crippen LogP contribution >= 0.6 is 0 Å². The summed E-state index contributed by atoms with van der Waals surface area (Å²) in [6, 6.07) is 4.73. The van der Waals surface area contributed by atoms with Crippen molar-refractivity contribution in [3.05, 3.63) is 35.8 Å². The maximum atomic E-state index is 14.7. The minimum Gasteiger partial charge on any atom is -0.468 e. The summed E-state index contributed by atoms with van der Waals surface area (Å²) in [5.74, 6) is -2.23. The van der Waals surface area contributed by atoms with Crippen LogP contribution in [0.15, 0.2) is 30.0 Å². The monoisotopic (exact) mass is 461 g/mol. The average Bonchev–Trinajstić information content (AvgIpc) is 3.18. The van der Waals surface area contributed by atoms with Crippen molar-refractivity contribution < 1.29 is 33.0 Å². The first-order chi connectivity index (χ1) is 15.9. The Labute approximate surface area is 191 Å². The van der Waals surface area contributed by atoms with E-state index in [-0.39, 0.29) is 18.2 Å². The van der Waals surface area contributed by atoms with E-state index in [4.69, 9.17) is 14.2 Å². The third-order valence-electron chi connectivity index (χ3n) is 6.21. The van der Waals surface area contributed by atoms with E-state index in [1.54, 1.807) is 12.1 Å². The number of ether oxygens (including phenoxy) is 3. The molecule has 0 aromatic heterocycles. The third kappa shape index (κ3) is 4.95. The molecule has 1 aromatic rings. The maximum absolute atomic E-state index is 14.7. The second-order valence-electron chi connectivity index (χ2n) is 8.49. The highest BCUT2D eigenvalue weighted by molar-refractivity contribution is 6.06. The van der Waals surface area contributed by atoms with Gasteiger partial charge in [-0.2, -0.15) is 0 Å². The van der Waals surface area contributed by atoms with Gasteiger partial charge in [0, 0.05) is 24.9 Å². The molecule has 3 aliphatic rings. The Bertz CT molecular complexity index is 962. The topological polar surface area (TPSA) is 97.4 Å². The standard InChI is InChI=1S/C23H28FN3O6/c1-14-9-15(10-20(28)21(14)22(29)31-2)25-12-17-13-27(23(30)33-17)16-3-4-19(18(24)11-16)26-5-7-32-8-6-26/h3-4,10-11,14,17,21,25H,5-9,12-13H2,1-2H3/t14?,17-,21?/m0/s1. The number of morpholine rings is 1. The summed E-state index contributed by atoms with van der Waals surface area (Å²) in [6.45, 7) is 4.72. The number of cyclic esters (lactones) is 1. The molecule has 2 heterocycles. The molecular weight excluding hydrogens is 433 g/mol. The number of esters is 1. The van der Waals surface area contributed by atoms with E-state index in [0.29, 0.717) is 56.3 Å². The van der Waals surface area contributed by atoms with Crippen LogP contribution in [0.2, 0.25) is 0 Å². The van der Waals surface area contributed by atoms with Crippen molar-refractivity contribution >= 4 is 29.2 Å². The fraction of sp³-hybridized carbons (Fsp3) is 0.522. The lowest BCUT2D eigenvalue weighted by molar-refractivity contribution is -0.150. The van der Waals surface area contributed by atoms with Gasteiger partial charge in [0.2, 0.25) is 0 Å². The number of halogens is 1. The first-order valence-corrected chi connectivity index (χ1v) is 11.0. The van der Waals surface area contributed by atoms with E-state index in [2.05, 4.69) is 5.32 Å². The molecule has 2 unspecified atom stereocenters. The smallest absolute Gasteiger partial charge is 0.414 e. The molecule has 1 N–H and O–H groups in total. The lowest BCUT2D eigenvalue weighted by Crippen LogP contribution is -2.37. The van der Waals surface area contributed by atoms with E-state index in [9.17, 15) is 18.8 Å². The number of benzene rings is 1. The van der Waals surface area contributed by atoms with Crippen molar-refractivity contribution in [3.8, 4) is 0 Å². The number of carbonyl (C=O) groups excluding carboxylic acids is 3. The number of rotatable bonds is 6. The number of methoxy groups -OCH3 is 1. The summed E-state index contributed by atoms with van der Waals surface area (Å²) < 4.78 is 30.2. The molecule has 2 saturated heterocycles. The van der Waals surface area contributed by atoms with Crippen molar-refractivity contribution in [2.75, 3.05) is 56.3 Å². The number of carbonyl (C=O) groups is 3. The Hall–Kier alpha value is -3.14. The Morgan fingerprint density at radius 1 is 1.27 bits per heavy atom. The third-order valence-corrected chi connectivity index (χ3v) is 6.21. The van der Waals surface area contributed by atoms with Gasteiger partial charge in [0.25, 0.3) is 0 Å². The molecule has 1 aliphatic carbocycles. The van der Waals surface area contributed by atoms with Gasteiger partial charge >= 0.3 is 12.1 Å². The molecule has 0 spiro atoms. The molecule has 0 radical (unpaired) electrons. The zero-order valence-electron chi connectivity index (χ0n) is 18.7. The predicted octanol–water partition coefficient (Wildman–Crippen LogP) is 1.86. The van der Waals surface area contributed by atoms with E-state index in [1.807, 2.05) is 11.8 Å². The van der Waals surface area contributed by atoms with Crippen molar-refractivity contribution in [1.29, 1.82) is 0 Å². The van der Waals surface area contributed by atoms with Gasteiger partial charge in [-0.15, -0.1) is 0 Å². The molecule has 2 aliphatic heterocycles. The lowest BCUT2D eigenvalue weighted by atomic mass is 9.82. The fourth-order valence-corrected chi connectivity index (χ4v) is 4.47. The summed E-state index contributed by atoms with van der Waals surface area (Å²) in [7, 11) is 1.27. The number of nitrogens with zero attached hydrogens (tertiary/aromatic N) is 2.